The fraction of sp³-hybridized carbons (Fsp3) is 1.00. The van der Waals surface area contributed by atoms with E-state index in [2.05, 4.69) is 23.9 Å². The standard InChI is InChI=1S/C15H31N3O2S/c1-13(2)4-3-9-17-21(19,20)18-10-7-14(8-11-18)12-16-15-5-6-15/h13-17H,3-12H2,1-2H3. The second-order valence-corrected chi connectivity index (χ2v) is 8.72. The molecule has 1 saturated heterocycles. The largest absolute Gasteiger partial charge is 0.314 e. The third kappa shape index (κ3) is 6.22. The predicted molar refractivity (Wildman–Crippen MR) is 86.3 cm³/mol. The molecule has 1 aliphatic carbocycles. The van der Waals surface area contributed by atoms with Gasteiger partial charge in [-0.15, -0.1) is 0 Å². The van der Waals surface area contributed by atoms with E-state index in [1.54, 1.807) is 4.31 Å². The van der Waals surface area contributed by atoms with Gasteiger partial charge in [0.2, 0.25) is 0 Å². The SMILES string of the molecule is CC(C)CCCNS(=O)(=O)N1CCC(CNC2CC2)CC1. The Kier molecular flexibility index (Phi) is 6.47. The van der Waals surface area contributed by atoms with E-state index in [9.17, 15) is 8.42 Å². The van der Waals surface area contributed by atoms with E-state index in [0.29, 0.717) is 31.5 Å². The van der Waals surface area contributed by atoms with Crippen molar-refractivity contribution in [1.29, 1.82) is 0 Å². The highest BCUT2D eigenvalue weighted by Crippen LogP contribution is 2.22. The maximum absolute atomic E-state index is 12.2. The second-order valence-electron chi connectivity index (χ2n) is 6.96. The van der Waals surface area contributed by atoms with Crippen LogP contribution >= 0.6 is 0 Å². The van der Waals surface area contributed by atoms with Crippen LogP contribution in [0.25, 0.3) is 0 Å². The van der Waals surface area contributed by atoms with Crippen LogP contribution in [0.5, 0.6) is 0 Å². The van der Waals surface area contributed by atoms with Gasteiger partial charge in [-0.05, 0) is 56.9 Å². The highest BCUT2D eigenvalue weighted by molar-refractivity contribution is 7.87. The molecule has 0 atom stereocenters. The Bertz CT molecular complexity index is 399. The van der Waals surface area contributed by atoms with E-state index in [0.717, 1.165) is 38.3 Å². The lowest BCUT2D eigenvalue weighted by Crippen LogP contribution is -2.46. The molecule has 0 spiro atoms. The zero-order chi connectivity index (χ0) is 15.3. The molecule has 2 fully saturated rings. The van der Waals surface area contributed by atoms with Crippen molar-refractivity contribution in [1.82, 2.24) is 14.3 Å². The summed E-state index contributed by atoms with van der Waals surface area (Å²) in [4.78, 5) is 0. The van der Waals surface area contributed by atoms with Crippen LogP contribution in [0.3, 0.4) is 0 Å². The zero-order valence-corrected chi connectivity index (χ0v) is 14.3. The average molecular weight is 317 g/mol. The van der Waals surface area contributed by atoms with Crippen molar-refractivity contribution in [3.8, 4) is 0 Å². The topological polar surface area (TPSA) is 61.4 Å². The summed E-state index contributed by atoms with van der Waals surface area (Å²) in [5.74, 6) is 1.27. The van der Waals surface area contributed by atoms with Crippen molar-refractivity contribution in [3.63, 3.8) is 0 Å². The molecule has 1 heterocycles. The Morgan fingerprint density at radius 2 is 1.81 bits per heavy atom. The van der Waals surface area contributed by atoms with Crippen LogP contribution in [0, 0.1) is 11.8 Å². The molecular formula is C15H31N3O2S. The number of hydrogen-bond acceptors (Lipinski definition) is 3. The third-order valence-corrected chi connectivity index (χ3v) is 6.04. The molecule has 6 heteroatoms. The minimum atomic E-state index is -3.26. The highest BCUT2D eigenvalue weighted by atomic mass is 32.2. The maximum Gasteiger partial charge on any atom is 0.279 e. The van der Waals surface area contributed by atoms with Crippen LogP contribution in [0.4, 0.5) is 0 Å². The smallest absolute Gasteiger partial charge is 0.279 e. The van der Waals surface area contributed by atoms with Crippen molar-refractivity contribution in [2.75, 3.05) is 26.2 Å². The second kappa shape index (κ2) is 7.90. The lowest BCUT2D eigenvalue weighted by atomic mass is 9.98. The molecule has 1 aliphatic heterocycles. The van der Waals surface area contributed by atoms with Crippen molar-refractivity contribution >= 4 is 10.2 Å². The van der Waals surface area contributed by atoms with Crippen LogP contribution in [0.1, 0.15) is 52.4 Å². The van der Waals surface area contributed by atoms with Gasteiger partial charge in [-0.25, -0.2) is 4.72 Å². The van der Waals surface area contributed by atoms with Gasteiger partial charge in [0.15, 0.2) is 0 Å². The molecule has 0 aromatic rings. The fourth-order valence-corrected chi connectivity index (χ4v) is 4.05. The van der Waals surface area contributed by atoms with Crippen molar-refractivity contribution in [2.24, 2.45) is 11.8 Å². The first kappa shape index (κ1) is 17.2. The van der Waals surface area contributed by atoms with E-state index in [1.165, 1.54) is 12.8 Å². The quantitative estimate of drug-likeness (QED) is 0.637. The Balaban J connectivity index is 1.64. The van der Waals surface area contributed by atoms with Gasteiger partial charge >= 0.3 is 0 Å². The number of nitrogens with zero attached hydrogens (tertiary/aromatic N) is 1. The Labute approximate surface area is 130 Å². The van der Waals surface area contributed by atoms with Crippen molar-refractivity contribution in [2.45, 2.75) is 58.4 Å². The fourth-order valence-electron chi connectivity index (χ4n) is 2.78. The van der Waals surface area contributed by atoms with Crippen LogP contribution in [-0.4, -0.2) is 44.9 Å². The van der Waals surface area contributed by atoms with Gasteiger partial charge in [-0.3, -0.25) is 0 Å². The Hall–Kier alpha value is -0.170. The molecule has 2 N–H and O–H groups in total. The lowest BCUT2D eigenvalue weighted by Gasteiger charge is -2.31. The molecular weight excluding hydrogens is 286 g/mol. The molecule has 1 saturated carbocycles. The van der Waals surface area contributed by atoms with E-state index in [-0.39, 0.29) is 0 Å². The number of hydrogen-bond donors (Lipinski definition) is 2. The molecule has 0 bridgehead atoms. The molecule has 0 amide bonds. The monoisotopic (exact) mass is 317 g/mol. The van der Waals surface area contributed by atoms with Crippen LogP contribution < -0.4 is 10.0 Å². The molecule has 2 aliphatic rings. The predicted octanol–water partition coefficient (Wildman–Crippen LogP) is 1.72. The number of piperidine rings is 1. The first-order valence-electron chi connectivity index (χ1n) is 8.45. The summed E-state index contributed by atoms with van der Waals surface area (Å²) >= 11 is 0. The van der Waals surface area contributed by atoms with Gasteiger partial charge in [0.25, 0.3) is 10.2 Å². The van der Waals surface area contributed by atoms with Crippen LogP contribution in [-0.2, 0) is 10.2 Å². The van der Waals surface area contributed by atoms with Crippen molar-refractivity contribution in [3.05, 3.63) is 0 Å². The minimum Gasteiger partial charge on any atom is -0.314 e. The van der Waals surface area contributed by atoms with Gasteiger partial charge in [-0.2, -0.15) is 12.7 Å². The van der Waals surface area contributed by atoms with Crippen LogP contribution in [0.15, 0.2) is 0 Å². The summed E-state index contributed by atoms with van der Waals surface area (Å²) in [6.45, 7) is 7.26. The minimum absolute atomic E-state index is 0.559. The molecule has 0 aromatic carbocycles. The summed E-state index contributed by atoms with van der Waals surface area (Å²) in [7, 11) is -3.26. The zero-order valence-electron chi connectivity index (χ0n) is 13.5. The Morgan fingerprint density at radius 1 is 1.14 bits per heavy atom. The molecule has 0 radical (unpaired) electrons. The summed E-state index contributed by atoms with van der Waals surface area (Å²) < 4.78 is 28.8. The van der Waals surface area contributed by atoms with Gasteiger partial charge in [0.05, 0.1) is 0 Å². The average Bonchev–Trinajstić information content (AvgIpc) is 3.26. The van der Waals surface area contributed by atoms with Crippen LogP contribution in [0.2, 0.25) is 0 Å². The van der Waals surface area contributed by atoms with E-state index >= 15 is 0 Å². The molecule has 2 rings (SSSR count). The summed E-state index contributed by atoms with van der Waals surface area (Å²) in [6, 6.07) is 0.745. The van der Waals surface area contributed by atoms with E-state index in [1.807, 2.05) is 0 Å². The molecule has 124 valence electrons. The summed E-state index contributed by atoms with van der Waals surface area (Å²) in [5, 5.41) is 3.55. The van der Waals surface area contributed by atoms with E-state index in [4.69, 9.17) is 0 Å². The third-order valence-electron chi connectivity index (χ3n) is 4.43. The molecule has 21 heavy (non-hydrogen) atoms. The summed E-state index contributed by atoms with van der Waals surface area (Å²) in [6.07, 6.45) is 6.57. The number of nitrogens with one attached hydrogen (secondary N) is 2. The molecule has 0 aromatic heterocycles. The Morgan fingerprint density at radius 3 is 2.38 bits per heavy atom. The highest BCUT2D eigenvalue weighted by Gasteiger charge is 2.28. The lowest BCUT2D eigenvalue weighted by molar-refractivity contribution is 0.264. The van der Waals surface area contributed by atoms with Gasteiger partial charge in [-0.1, -0.05) is 13.8 Å². The normalized spacial score (nSPS) is 22.0. The maximum atomic E-state index is 12.2. The van der Waals surface area contributed by atoms with Gasteiger partial charge in [0, 0.05) is 25.7 Å². The first-order valence-corrected chi connectivity index (χ1v) is 9.89. The first-order chi connectivity index (χ1) is 9.97. The molecule has 0 unspecified atom stereocenters. The molecule has 5 nitrogen and oxygen atoms in total. The number of rotatable bonds is 9. The van der Waals surface area contributed by atoms with Gasteiger partial charge in [0.1, 0.15) is 0 Å². The van der Waals surface area contributed by atoms with Crippen molar-refractivity contribution < 1.29 is 8.42 Å². The van der Waals surface area contributed by atoms with Gasteiger partial charge < -0.3 is 5.32 Å². The van der Waals surface area contributed by atoms with E-state index < -0.39 is 10.2 Å². The summed E-state index contributed by atoms with van der Waals surface area (Å²) in [5.41, 5.74) is 0.